The fourth-order valence-electron chi connectivity index (χ4n) is 1.33. The summed E-state index contributed by atoms with van der Waals surface area (Å²) in [6.07, 6.45) is 0.523. The smallest absolute Gasteiger partial charge is 0.321 e. The molecule has 11 heavy (non-hydrogen) atoms. The molecular formula is C7H11NO3. The van der Waals surface area contributed by atoms with Crippen molar-refractivity contribution in [2.45, 2.75) is 13.3 Å². The van der Waals surface area contributed by atoms with E-state index in [1.54, 1.807) is 0 Å². The molecule has 0 bridgehead atoms. The number of rotatable bonds is 2. The number of carbonyl (C=O) groups is 2. The molecule has 0 spiro atoms. The lowest BCUT2D eigenvalue weighted by Crippen LogP contribution is -2.34. The number of hydrogen-bond donors (Lipinski definition) is 1. The lowest BCUT2D eigenvalue weighted by atomic mass is 10.0. The van der Waals surface area contributed by atoms with Crippen molar-refractivity contribution < 1.29 is 14.3 Å². The van der Waals surface area contributed by atoms with Gasteiger partial charge in [0.25, 0.3) is 0 Å². The highest BCUT2D eigenvalue weighted by Crippen LogP contribution is 2.52. The van der Waals surface area contributed by atoms with Crippen molar-refractivity contribution in [1.29, 1.82) is 0 Å². The van der Waals surface area contributed by atoms with E-state index in [1.807, 2.05) is 6.92 Å². The van der Waals surface area contributed by atoms with Crippen LogP contribution in [0.25, 0.3) is 0 Å². The van der Waals surface area contributed by atoms with Crippen LogP contribution in [0.3, 0.4) is 0 Å². The van der Waals surface area contributed by atoms with Gasteiger partial charge in [-0.1, -0.05) is 6.92 Å². The van der Waals surface area contributed by atoms with Gasteiger partial charge in [-0.15, -0.1) is 0 Å². The third-order valence-electron chi connectivity index (χ3n) is 2.30. The van der Waals surface area contributed by atoms with Gasteiger partial charge >= 0.3 is 5.97 Å². The zero-order valence-corrected chi connectivity index (χ0v) is 6.59. The van der Waals surface area contributed by atoms with Gasteiger partial charge in [-0.05, 0) is 12.3 Å². The molecule has 0 unspecified atom stereocenters. The van der Waals surface area contributed by atoms with Gasteiger partial charge in [0.2, 0.25) is 5.91 Å². The number of esters is 1. The molecule has 4 nitrogen and oxygen atoms in total. The minimum absolute atomic E-state index is 0.0347. The summed E-state index contributed by atoms with van der Waals surface area (Å²) in [5.74, 6) is -1.04. The zero-order valence-electron chi connectivity index (χ0n) is 6.59. The second-order valence-corrected chi connectivity index (χ2v) is 2.93. The maximum atomic E-state index is 11.0. The minimum atomic E-state index is -1.01. The molecule has 2 atom stereocenters. The average molecular weight is 157 g/mol. The van der Waals surface area contributed by atoms with Crippen LogP contribution in [0.15, 0.2) is 0 Å². The van der Waals surface area contributed by atoms with E-state index in [-0.39, 0.29) is 5.92 Å². The highest BCUT2D eigenvalue weighted by Gasteiger charge is 2.63. The highest BCUT2D eigenvalue weighted by atomic mass is 16.5. The van der Waals surface area contributed by atoms with Crippen molar-refractivity contribution in [3.05, 3.63) is 0 Å². The molecule has 1 aliphatic carbocycles. The van der Waals surface area contributed by atoms with Gasteiger partial charge in [0.15, 0.2) is 0 Å². The number of amides is 1. The molecule has 1 aliphatic rings. The van der Waals surface area contributed by atoms with Gasteiger partial charge < -0.3 is 10.5 Å². The van der Waals surface area contributed by atoms with Crippen molar-refractivity contribution in [3.63, 3.8) is 0 Å². The van der Waals surface area contributed by atoms with E-state index >= 15 is 0 Å². The number of ether oxygens (including phenoxy) is 1. The molecule has 1 saturated carbocycles. The van der Waals surface area contributed by atoms with Crippen LogP contribution in [0.2, 0.25) is 0 Å². The Morgan fingerprint density at radius 3 is 2.18 bits per heavy atom. The molecule has 0 radical (unpaired) electrons. The summed E-state index contributed by atoms with van der Waals surface area (Å²) >= 11 is 0. The summed E-state index contributed by atoms with van der Waals surface area (Å²) in [6.45, 7) is 1.81. The van der Waals surface area contributed by atoms with Crippen LogP contribution in [0.5, 0.6) is 0 Å². The second kappa shape index (κ2) is 2.22. The number of nitrogens with two attached hydrogens (primary N) is 1. The molecule has 0 aromatic carbocycles. The molecule has 4 heteroatoms. The van der Waals surface area contributed by atoms with Gasteiger partial charge in [-0.25, -0.2) is 0 Å². The Morgan fingerprint density at radius 1 is 1.64 bits per heavy atom. The van der Waals surface area contributed by atoms with Crippen molar-refractivity contribution in [2.75, 3.05) is 7.11 Å². The summed E-state index contributed by atoms with van der Waals surface area (Å²) in [5, 5.41) is 0. The van der Waals surface area contributed by atoms with E-state index in [9.17, 15) is 9.59 Å². The maximum Gasteiger partial charge on any atom is 0.321 e. The Kier molecular flexibility index (Phi) is 1.62. The van der Waals surface area contributed by atoms with E-state index in [2.05, 4.69) is 4.74 Å². The molecule has 0 aliphatic heterocycles. The van der Waals surface area contributed by atoms with Crippen molar-refractivity contribution in [3.8, 4) is 0 Å². The van der Waals surface area contributed by atoms with Crippen molar-refractivity contribution >= 4 is 11.9 Å². The first-order valence-electron chi connectivity index (χ1n) is 3.44. The van der Waals surface area contributed by atoms with E-state index in [0.717, 1.165) is 0 Å². The number of primary amides is 1. The van der Waals surface area contributed by atoms with Crippen LogP contribution in [0, 0.1) is 11.3 Å². The molecule has 1 amide bonds. The SMILES string of the molecule is COC(=O)[C@]1(C(N)=O)C[C@@H]1C. The second-order valence-electron chi connectivity index (χ2n) is 2.93. The molecule has 0 aromatic rings. The molecule has 62 valence electrons. The maximum absolute atomic E-state index is 11.0. The normalized spacial score (nSPS) is 34.5. The van der Waals surface area contributed by atoms with Crippen LogP contribution < -0.4 is 5.73 Å². The number of hydrogen-bond acceptors (Lipinski definition) is 3. The molecule has 0 aromatic heterocycles. The van der Waals surface area contributed by atoms with Gasteiger partial charge in [-0.3, -0.25) is 9.59 Å². The molecule has 2 N–H and O–H groups in total. The van der Waals surface area contributed by atoms with Crippen LogP contribution >= 0.6 is 0 Å². The van der Waals surface area contributed by atoms with E-state index in [0.29, 0.717) is 6.42 Å². The van der Waals surface area contributed by atoms with Gasteiger partial charge in [0.05, 0.1) is 7.11 Å². The third kappa shape index (κ3) is 0.895. The molecule has 0 saturated heterocycles. The van der Waals surface area contributed by atoms with E-state index in [4.69, 9.17) is 5.73 Å². The van der Waals surface area contributed by atoms with Crippen molar-refractivity contribution in [2.24, 2.45) is 17.1 Å². The predicted octanol–water partition coefficient (Wildman–Crippen LogP) is -0.329. The van der Waals surface area contributed by atoms with E-state index < -0.39 is 17.3 Å². The van der Waals surface area contributed by atoms with Crippen molar-refractivity contribution in [1.82, 2.24) is 0 Å². The minimum Gasteiger partial charge on any atom is -0.468 e. The molecule has 1 rings (SSSR count). The monoisotopic (exact) mass is 157 g/mol. The zero-order chi connectivity index (χ0) is 8.65. The summed E-state index contributed by atoms with van der Waals surface area (Å²) in [5.41, 5.74) is 4.05. The summed E-state index contributed by atoms with van der Waals surface area (Å²) in [4.78, 5) is 21.8. The first-order valence-corrected chi connectivity index (χ1v) is 3.44. The molecule has 1 fully saturated rings. The van der Waals surface area contributed by atoms with Crippen LogP contribution in [0.1, 0.15) is 13.3 Å². The first-order chi connectivity index (χ1) is 5.05. The Morgan fingerprint density at radius 2 is 2.09 bits per heavy atom. The Balaban J connectivity index is 2.80. The third-order valence-corrected chi connectivity index (χ3v) is 2.30. The lowest BCUT2D eigenvalue weighted by molar-refractivity contribution is -0.151. The molecular weight excluding hydrogens is 146 g/mol. The lowest BCUT2D eigenvalue weighted by Gasteiger charge is -2.07. The standard InChI is InChI=1S/C7H11NO3/c1-4-3-7(4,5(8)9)6(10)11-2/h4H,3H2,1-2H3,(H2,8,9)/t4-,7+/m0/s1. The summed E-state index contributed by atoms with van der Waals surface area (Å²) in [7, 11) is 1.26. The summed E-state index contributed by atoms with van der Waals surface area (Å²) < 4.78 is 4.47. The Labute approximate surface area is 64.7 Å². The van der Waals surface area contributed by atoms with Crippen LogP contribution in [-0.2, 0) is 14.3 Å². The highest BCUT2D eigenvalue weighted by molar-refractivity contribution is 6.05. The average Bonchev–Trinajstić information content (AvgIpc) is 2.61. The number of methoxy groups -OCH3 is 1. The fraction of sp³-hybridized carbons (Fsp3) is 0.714. The quantitative estimate of drug-likeness (QED) is 0.441. The Hall–Kier alpha value is -1.06. The predicted molar refractivity (Wildman–Crippen MR) is 37.4 cm³/mol. The largest absolute Gasteiger partial charge is 0.468 e. The summed E-state index contributed by atoms with van der Waals surface area (Å²) in [6, 6.07) is 0. The first kappa shape index (κ1) is 8.04. The van der Waals surface area contributed by atoms with Crippen LogP contribution in [0.4, 0.5) is 0 Å². The topological polar surface area (TPSA) is 69.4 Å². The molecule has 0 heterocycles. The Bertz CT molecular complexity index is 214. The van der Waals surface area contributed by atoms with Gasteiger partial charge in [-0.2, -0.15) is 0 Å². The van der Waals surface area contributed by atoms with Crippen LogP contribution in [-0.4, -0.2) is 19.0 Å². The van der Waals surface area contributed by atoms with E-state index in [1.165, 1.54) is 7.11 Å². The van der Waals surface area contributed by atoms with Gasteiger partial charge in [0.1, 0.15) is 5.41 Å². The fourth-order valence-corrected chi connectivity index (χ4v) is 1.33. The number of carbonyl (C=O) groups excluding carboxylic acids is 2. The van der Waals surface area contributed by atoms with Gasteiger partial charge in [0, 0.05) is 0 Å².